The molecule has 1 fully saturated rings. The van der Waals surface area contributed by atoms with Gasteiger partial charge in [0.25, 0.3) is 0 Å². The minimum atomic E-state index is -3.67. The summed E-state index contributed by atoms with van der Waals surface area (Å²) in [6.07, 6.45) is 4.18. The summed E-state index contributed by atoms with van der Waals surface area (Å²) in [6.45, 7) is 4.35. The molecule has 1 aromatic heterocycles. The molecular weight excluding hydrogens is 290 g/mol. The Hall–Kier alpha value is -1.18. The van der Waals surface area contributed by atoms with Gasteiger partial charge in [0.15, 0.2) is 0 Å². The predicted octanol–water partition coefficient (Wildman–Crippen LogP) is 1.27. The first-order valence-corrected chi connectivity index (χ1v) is 8.54. The largest absolute Gasteiger partial charge is 0.389 e. The second kappa shape index (κ2) is 5.55. The van der Waals surface area contributed by atoms with E-state index in [1.54, 1.807) is 0 Å². The van der Waals surface area contributed by atoms with Gasteiger partial charge in [0.1, 0.15) is 10.7 Å². The van der Waals surface area contributed by atoms with E-state index in [1.165, 1.54) is 18.3 Å². The topological polar surface area (TPSA) is 105 Å². The number of aromatic nitrogens is 1. The molecule has 0 radical (unpaired) electrons. The highest BCUT2D eigenvalue weighted by atomic mass is 32.2. The molecule has 0 aromatic carbocycles. The van der Waals surface area contributed by atoms with Crippen molar-refractivity contribution in [1.82, 2.24) is 9.71 Å². The number of anilines is 1. The number of pyridine rings is 1. The molecule has 118 valence electrons. The van der Waals surface area contributed by atoms with E-state index >= 15 is 0 Å². The van der Waals surface area contributed by atoms with Crippen LogP contribution in [0.4, 0.5) is 5.82 Å². The summed E-state index contributed by atoms with van der Waals surface area (Å²) in [5.74, 6) is 0.266. The van der Waals surface area contributed by atoms with Crippen LogP contribution in [0.2, 0.25) is 0 Å². The SMILES string of the molecule is CC1(C)CCC(O)(CNS(=O)(=O)c2ccc(N)nc2)CC1. The molecule has 0 unspecified atom stereocenters. The molecule has 0 amide bonds. The quantitative estimate of drug-likeness (QED) is 0.776. The summed E-state index contributed by atoms with van der Waals surface area (Å²) in [5.41, 5.74) is 4.69. The standard InChI is InChI=1S/C14H23N3O3S/c1-13(2)5-7-14(18,8-6-13)10-17-21(19,20)11-3-4-12(15)16-9-11/h3-4,9,17-18H,5-8,10H2,1-2H3,(H2,15,16). The Bertz CT molecular complexity index is 586. The van der Waals surface area contributed by atoms with E-state index in [1.807, 2.05) is 0 Å². The fourth-order valence-electron chi connectivity index (χ4n) is 2.43. The molecular formula is C14H23N3O3S. The number of nitrogens with two attached hydrogens (primary N) is 1. The molecule has 7 heteroatoms. The highest BCUT2D eigenvalue weighted by Crippen LogP contribution is 2.39. The highest BCUT2D eigenvalue weighted by molar-refractivity contribution is 7.89. The molecule has 0 aliphatic heterocycles. The van der Waals surface area contributed by atoms with Crippen molar-refractivity contribution in [2.75, 3.05) is 12.3 Å². The number of nitrogens with zero attached hydrogens (tertiary/aromatic N) is 1. The normalized spacial score (nSPS) is 21.1. The minimum absolute atomic E-state index is 0.0236. The third-order valence-corrected chi connectivity index (χ3v) is 5.58. The molecule has 1 aliphatic rings. The van der Waals surface area contributed by atoms with E-state index in [-0.39, 0.29) is 22.7 Å². The minimum Gasteiger partial charge on any atom is -0.389 e. The van der Waals surface area contributed by atoms with Gasteiger partial charge >= 0.3 is 0 Å². The highest BCUT2D eigenvalue weighted by Gasteiger charge is 2.37. The third kappa shape index (κ3) is 4.15. The number of rotatable bonds is 4. The maximum Gasteiger partial charge on any atom is 0.242 e. The van der Waals surface area contributed by atoms with Gasteiger partial charge in [-0.1, -0.05) is 13.8 Å². The summed E-state index contributed by atoms with van der Waals surface area (Å²) in [4.78, 5) is 3.82. The van der Waals surface area contributed by atoms with Gasteiger partial charge in [-0.05, 0) is 43.2 Å². The molecule has 4 N–H and O–H groups in total. The van der Waals surface area contributed by atoms with Gasteiger partial charge in [0.05, 0.1) is 5.60 Å². The Labute approximate surface area is 125 Å². The maximum absolute atomic E-state index is 12.2. The van der Waals surface area contributed by atoms with Gasteiger partial charge in [-0.15, -0.1) is 0 Å². The van der Waals surface area contributed by atoms with Gasteiger partial charge in [-0.3, -0.25) is 0 Å². The lowest BCUT2D eigenvalue weighted by atomic mass is 9.71. The molecule has 0 spiro atoms. The van der Waals surface area contributed by atoms with Crippen LogP contribution in [-0.4, -0.2) is 30.7 Å². The van der Waals surface area contributed by atoms with Gasteiger partial charge < -0.3 is 10.8 Å². The van der Waals surface area contributed by atoms with Crippen molar-refractivity contribution in [3.8, 4) is 0 Å². The Morgan fingerprint density at radius 2 is 1.90 bits per heavy atom. The molecule has 1 saturated carbocycles. The van der Waals surface area contributed by atoms with Crippen LogP contribution >= 0.6 is 0 Å². The third-order valence-electron chi connectivity index (χ3n) is 4.20. The van der Waals surface area contributed by atoms with Crippen LogP contribution in [0.3, 0.4) is 0 Å². The Kier molecular flexibility index (Phi) is 4.28. The zero-order valence-electron chi connectivity index (χ0n) is 12.5. The summed E-state index contributed by atoms with van der Waals surface area (Å²) >= 11 is 0. The second-order valence-corrected chi connectivity index (χ2v) is 8.40. The van der Waals surface area contributed by atoms with Crippen molar-refractivity contribution in [3.63, 3.8) is 0 Å². The van der Waals surface area contributed by atoms with E-state index in [4.69, 9.17) is 5.73 Å². The van der Waals surface area contributed by atoms with Crippen LogP contribution in [-0.2, 0) is 10.0 Å². The number of nitrogen functional groups attached to an aromatic ring is 1. The average molecular weight is 313 g/mol. The van der Waals surface area contributed by atoms with Crippen LogP contribution in [0, 0.1) is 5.41 Å². The van der Waals surface area contributed by atoms with E-state index in [0.29, 0.717) is 12.8 Å². The average Bonchev–Trinajstić information content (AvgIpc) is 2.42. The molecule has 0 atom stereocenters. The van der Waals surface area contributed by atoms with Crippen molar-refractivity contribution in [2.24, 2.45) is 5.41 Å². The molecule has 21 heavy (non-hydrogen) atoms. The zero-order chi connectivity index (χ0) is 15.7. The van der Waals surface area contributed by atoms with E-state index < -0.39 is 15.6 Å². The van der Waals surface area contributed by atoms with E-state index in [2.05, 4.69) is 23.6 Å². The Morgan fingerprint density at radius 3 is 2.43 bits per heavy atom. The molecule has 0 saturated heterocycles. The summed E-state index contributed by atoms with van der Waals surface area (Å²) in [5, 5.41) is 10.5. The Balaban J connectivity index is 2.00. The first kappa shape index (κ1) is 16.2. The Morgan fingerprint density at radius 1 is 1.29 bits per heavy atom. The molecule has 2 rings (SSSR count). The number of nitrogens with one attached hydrogen (secondary N) is 1. The van der Waals surface area contributed by atoms with Crippen LogP contribution in [0.1, 0.15) is 39.5 Å². The molecule has 1 heterocycles. The molecule has 0 bridgehead atoms. The van der Waals surface area contributed by atoms with Crippen LogP contribution in [0.5, 0.6) is 0 Å². The number of hydrogen-bond acceptors (Lipinski definition) is 5. The summed E-state index contributed by atoms with van der Waals surface area (Å²) in [6, 6.07) is 2.84. The number of aliphatic hydroxyl groups is 1. The van der Waals surface area contributed by atoms with E-state index in [0.717, 1.165) is 12.8 Å². The fourth-order valence-corrected chi connectivity index (χ4v) is 3.50. The molecule has 1 aromatic rings. The lowest BCUT2D eigenvalue weighted by molar-refractivity contribution is -0.0205. The number of sulfonamides is 1. The van der Waals surface area contributed by atoms with Crippen molar-refractivity contribution in [2.45, 2.75) is 50.0 Å². The second-order valence-electron chi connectivity index (χ2n) is 6.63. The summed E-state index contributed by atoms with van der Waals surface area (Å²) < 4.78 is 26.8. The zero-order valence-corrected chi connectivity index (χ0v) is 13.3. The van der Waals surface area contributed by atoms with Gasteiger partial charge in [0, 0.05) is 12.7 Å². The van der Waals surface area contributed by atoms with Crippen LogP contribution in [0.25, 0.3) is 0 Å². The van der Waals surface area contributed by atoms with Crippen molar-refractivity contribution in [3.05, 3.63) is 18.3 Å². The van der Waals surface area contributed by atoms with Crippen LogP contribution < -0.4 is 10.5 Å². The van der Waals surface area contributed by atoms with Crippen molar-refractivity contribution in [1.29, 1.82) is 0 Å². The lowest BCUT2D eigenvalue weighted by Gasteiger charge is -2.40. The van der Waals surface area contributed by atoms with Gasteiger partial charge in [0.2, 0.25) is 10.0 Å². The first-order valence-electron chi connectivity index (χ1n) is 7.06. The summed E-state index contributed by atoms with van der Waals surface area (Å²) in [7, 11) is -3.67. The fraction of sp³-hybridized carbons (Fsp3) is 0.643. The van der Waals surface area contributed by atoms with Crippen molar-refractivity contribution < 1.29 is 13.5 Å². The molecule has 1 aliphatic carbocycles. The van der Waals surface area contributed by atoms with E-state index in [9.17, 15) is 13.5 Å². The van der Waals surface area contributed by atoms with Crippen molar-refractivity contribution >= 4 is 15.8 Å². The monoisotopic (exact) mass is 313 g/mol. The lowest BCUT2D eigenvalue weighted by Crippen LogP contribution is -2.46. The number of hydrogen-bond donors (Lipinski definition) is 3. The molecule has 6 nitrogen and oxygen atoms in total. The smallest absolute Gasteiger partial charge is 0.242 e. The van der Waals surface area contributed by atoms with Crippen LogP contribution in [0.15, 0.2) is 23.2 Å². The maximum atomic E-state index is 12.2. The van der Waals surface area contributed by atoms with Gasteiger partial charge in [-0.2, -0.15) is 0 Å². The van der Waals surface area contributed by atoms with Gasteiger partial charge in [-0.25, -0.2) is 18.1 Å². The first-order chi connectivity index (χ1) is 9.62. The predicted molar refractivity (Wildman–Crippen MR) is 81.0 cm³/mol.